The standard InChI is InChI=1S/C10H14N2O6S/c1-10(14,7-13)6-11-19(17,18)9-4-2-8(3-5-9)12(15)16/h2-5,11,13-14H,6-7H2,1H3. The Hall–Kier alpha value is -1.55. The monoisotopic (exact) mass is 290 g/mol. The molecule has 1 aromatic rings. The van der Waals surface area contributed by atoms with Crippen molar-refractivity contribution in [3.05, 3.63) is 34.4 Å². The lowest BCUT2D eigenvalue weighted by molar-refractivity contribution is -0.384. The maximum atomic E-state index is 11.8. The molecule has 9 heteroatoms. The summed E-state index contributed by atoms with van der Waals surface area (Å²) in [4.78, 5) is 9.64. The molecule has 0 aromatic heterocycles. The molecule has 1 atom stereocenters. The van der Waals surface area contributed by atoms with E-state index in [1.807, 2.05) is 0 Å². The van der Waals surface area contributed by atoms with Gasteiger partial charge in [-0.25, -0.2) is 13.1 Å². The van der Waals surface area contributed by atoms with Crippen LogP contribution in [0.5, 0.6) is 0 Å². The third-order valence-corrected chi connectivity index (χ3v) is 3.76. The normalized spacial score (nSPS) is 14.9. The molecule has 8 nitrogen and oxygen atoms in total. The van der Waals surface area contributed by atoms with Gasteiger partial charge in [0.05, 0.1) is 22.0 Å². The first kappa shape index (κ1) is 15.5. The number of aliphatic hydroxyl groups excluding tert-OH is 1. The van der Waals surface area contributed by atoms with Gasteiger partial charge in [-0.1, -0.05) is 0 Å². The van der Waals surface area contributed by atoms with Gasteiger partial charge in [0.2, 0.25) is 10.0 Å². The maximum Gasteiger partial charge on any atom is 0.269 e. The fourth-order valence-electron chi connectivity index (χ4n) is 1.14. The van der Waals surface area contributed by atoms with E-state index in [2.05, 4.69) is 4.72 Å². The van der Waals surface area contributed by atoms with Crippen molar-refractivity contribution in [1.29, 1.82) is 0 Å². The zero-order valence-electron chi connectivity index (χ0n) is 10.1. The summed E-state index contributed by atoms with van der Waals surface area (Å²) in [6, 6.07) is 4.32. The smallest absolute Gasteiger partial charge is 0.269 e. The van der Waals surface area contributed by atoms with Crippen LogP contribution in [0.4, 0.5) is 5.69 Å². The summed E-state index contributed by atoms with van der Waals surface area (Å²) in [7, 11) is -3.89. The quantitative estimate of drug-likeness (QED) is 0.483. The molecule has 0 aliphatic rings. The topological polar surface area (TPSA) is 130 Å². The molecule has 19 heavy (non-hydrogen) atoms. The Morgan fingerprint density at radius 1 is 1.37 bits per heavy atom. The number of sulfonamides is 1. The molecule has 0 spiro atoms. The van der Waals surface area contributed by atoms with Crippen LogP contribution >= 0.6 is 0 Å². The molecular weight excluding hydrogens is 276 g/mol. The average molecular weight is 290 g/mol. The summed E-state index contributed by atoms with van der Waals surface area (Å²) >= 11 is 0. The van der Waals surface area contributed by atoms with Crippen LogP contribution in [-0.4, -0.2) is 42.3 Å². The highest BCUT2D eigenvalue weighted by molar-refractivity contribution is 7.89. The summed E-state index contributed by atoms with van der Waals surface area (Å²) < 4.78 is 25.7. The Morgan fingerprint density at radius 3 is 2.32 bits per heavy atom. The molecule has 0 saturated carbocycles. The average Bonchev–Trinajstić information content (AvgIpc) is 2.37. The number of non-ortho nitro benzene ring substituents is 1. The van der Waals surface area contributed by atoms with Crippen LogP contribution in [0.25, 0.3) is 0 Å². The predicted molar refractivity (Wildman–Crippen MR) is 66.0 cm³/mol. The second-order valence-corrected chi connectivity index (χ2v) is 6.00. The molecule has 0 saturated heterocycles. The van der Waals surface area contributed by atoms with Gasteiger partial charge in [-0.05, 0) is 19.1 Å². The second kappa shape index (κ2) is 5.61. The van der Waals surface area contributed by atoms with Gasteiger partial charge in [-0.15, -0.1) is 0 Å². The van der Waals surface area contributed by atoms with E-state index < -0.39 is 27.2 Å². The number of nitrogens with zero attached hydrogens (tertiary/aromatic N) is 1. The Morgan fingerprint density at radius 2 is 1.89 bits per heavy atom. The third kappa shape index (κ3) is 4.24. The molecule has 0 bridgehead atoms. The van der Waals surface area contributed by atoms with Gasteiger partial charge < -0.3 is 10.2 Å². The minimum Gasteiger partial charge on any atom is -0.393 e. The summed E-state index contributed by atoms with van der Waals surface area (Å²) in [5, 5.41) is 28.7. The molecule has 3 N–H and O–H groups in total. The fraction of sp³-hybridized carbons (Fsp3) is 0.400. The van der Waals surface area contributed by atoms with E-state index in [0.29, 0.717) is 0 Å². The van der Waals surface area contributed by atoms with E-state index in [4.69, 9.17) is 5.11 Å². The minimum atomic E-state index is -3.89. The van der Waals surface area contributed by atoms with E-state index >= 15 is 0 Å². The van der Waals surface area contributed by atoms with Crippen LogP contribution in [0.15, 0.2) is 29.2 Å². The Kier molecular flexibility index (Phi) is 4.58. The van der Waals surface area contributed by atoms with Gasteiger partial charge in [0.15, 0.2) is 0 Å². The predicted octanol–water partition coefficient (Wildman–Crippen LogP) is -0.384. The van der Waals surface area contributed by atoms with E-state index in [-0.39, 0.29) is 17.1 Å². The lowest BCUT2D eigenvalue weighted by Gasteiger charge is -2.20. The van der Waals surface area contributed by atoms with Crippen molar-refractivity contribution in [3.8, 4) is 0 Å². The van der Waals surface area contributed by atoms with Crippen molar-refractivity contribution in [1.82, 2.24) is 4.72 Å². The number of rotatable bonds is 6. The fourth-order valence-corrected chi connectivity index (χ4v) is 2.30. The van der Waals surface area contributed by atoms with E-state index in [1.54, 1.807) is 0 Å². The van der Waals surface area contributed by atoms with Gasteiger partial charge in [0.1, 0.15) is 0 Å². The van der Waals surface area contributed by atoms with Crippen LogP contribution in [0.3, 0.4) is 0 Å². The first-order valence-corrected chi connectivity index (χ1v) is 6.74. The van der Waals surface area contributed by atoms with Gasteiger partial charge in [0.25, 0.3) is 5.69 Å². The summed E-state index contributed by atoms with van der Waals surface area (Å²) in [6.07, 6.45) is 0. The number of nitro groups is 1. The second-order valence-electron chi connectivity index (χ2n) is 4.23. The minimum absolute atomic E-state index is 0.160. The first-order valence-electron chi connectivity index (χ1n) is 5.25. The van der Waals surface area contributed by atoms with E-state index in [9.17, 15) is 23.6 Å². The number of benzene rings is 1. The molecule has 0 fully saturated rings. The SMILES string of the molecule is CC(O)(CO)CNS(=O)(=O)c1ccc([N+](=O)[O-])cc1. The van der Waals surface area contributed by atoms with Crippen LogP contribution in [0, 0.1) is 10.1 Å². The van der Waals surface area contributed by atoms with Crippen LogP contribution in [0.2, 0.25) is 0 Å². The van der Waals surface area contributed by atoms with E-state index in [1.165, 1.54) is 6.92 Å². The number of hydrogen-bond donors (Lipinski definition) is 3. The zero-order chi connectivity index (χ0) is 14.7. The van der Waals surface area contributed by atoms with Crippen LogP contribution < -0.4 is 4.72 Å². The molecule has 1 unspecified atom stereocenters. The van der Waals surface area contributed by atoms with Crippen LogP contribution in [0.1, 0.15) is 6.92 Å². The van der Waals surface area contributed by atoms with Gasteiger partial charge in [0, 0.05) is 18.7 Å². The lowest BCUT2D eigenvalue weighted by Crippen LogP contribution is -2.43. The van der Waals surface area contributed by atoms with Crippen molar-refractivity contribution in [2.45, 2.75) is 17.4 Å². The highest BCUT2D eigenvalue weighted by atomic mass is 32.2. The van der Waals surface area contributed by atoms with Crippen molar-refractivity contribution >= 4 is 15.7 Å². The van der Waals surface area contributed by atoms with Crippen LogP contribution in [-0.2, 0) is 10.0 Å². The van der Waals surface area contributed by atoms with E-state index in [0.717, 1.165) is 24.3 Å². The maximum absolute atomic E-state index is 11.8. The summed E-state index contributed by atoms with van der Waals surface area (Å²) in [6.45, 7) is 0.296. The molecule has 1 rings (SSSR count). The highest BCUT2D eigenvalue weighted by Gasteiger charge is 2.23. The van der Waals surface area contributed by atoms with Gasteiger partial charge in [-0.3, -0.25) is 10.1 Å². The highest BCUT2D eigenvalue weighted by Crippen LogP contribution is 2.15. The third-order valence-electron chi connectivity index (χ3n) is 2.34. The zero-order valence-corrected chi connectivity index (χ0v) is 10.9. The van der Waals surface area contributed by atoms with Crippen molar-refractivity contribution < 1.29 is 23.6 Å². The molecule has 106 valence electrons. The van der Waals surface area contributed by atoms with Crippen molar-refractivity contribution in [2.75, 3.05) is 13.2 Å². The molecule has 1 aromatic carbocycles. The number of nitro benzene ring substituents is 1. The van der Waals surface area contributed by atoms with Gasteiger partial charge >= 0.3 is 0 Å². The molecule has 0 amide bonds. The molecule has 0 heterocycles. The molecule has 0 aliphatic carbocycles. The van der Waals surface area contributed by atoms with Crippen molar-refractivity contribution in [2.24, 2.45) is 0 Å². The number of aliphatic hydroxyl groups is 2. The largest absolute Gasteiger partial charge is 0.393 e. The number of hydrogen-bond acceptors (Lipinski definition) is 6. The number of nitrogens with one attached hydrogen (secondary N) is 1. The Bertz CT molecular complexity index is 552. The lowest BCUT2D eigenvalue weighted by atomic mass is 10.1. The molecular formula is C10H14N2O6S. The van der Waals surface area contributed by atoms with Gasteiger partial charge in [-0.2, -0.15) is 0 Å². The summed E-state index contributed by atoms with van der Waals surface area (Å²) in [5.74, 6) is 0. The molecule has 0 aliphatic heterocycles. The Labute approximate surface area is 109 Å². The Balaban J connectivity index is 2.86. The summed E-state index contributed by atoms with van der Waals surface area (Å²) in [5.41, 5.74) is -1.80. The van der Waals surface area contributed by atoms with Crippen molar-refractivity contribution in [3.63, 3.8) is 0 Å². The molecule has 0 radical (unpaired) electrons. The first-order chi connectivity index (χ1) is 8.68.